The van der Waals surface area contributed by atoms with Gasteiger partial charge in [0.05, 0.1) is 6.10 Å². The Bertz CT molecular complexity index is 315. The average molecular weight is 286 g/mol. The van der Waals surface area contributed by atoms with Crippen LogP contribution in [0.25, 0.3) is 0 Å². The number of rotatable bonds is 6. The van der Waals surface area contributed by atoms with E-state index < -0.39 is 0 Å². The van der Waals surface area contributed by atoms with E-state index in [-0.39, 0.29) is 6.10 Å². The molecule has 0 aliphatic rings. The van der Waals surface area contributed by atoms with Crippen LogP contribution in [-0.2, 0) is 0 Å². The van der Waals surface area contributed by atoms with E-state index in [1.54, 1.807) is 0 Å². The van der Waals surface area contributed by atoms with Gasteiger partial charge in [0.2, 0.25) is 0 Å². The molecule has 0 aliphatic carbocycles. The summed E-state index contributed by atoms with van der Waals surface area (Å²) in [6.45, 7) is 4.92. The Hall–Kier alpha value is -0.380. The van der Waals surface area contributed by atoms with Crippen molar-refractivity contribution in [3.8, 4) is 0 Å². The Morgan fingerprint density at radius 2 is 2.00 bits per heavy atom. The van der Waals surface area contributed by atoms with Crippen LogP contribution in [0.15, 0.2) is 28.7 Å². The third-order valence-electron chi connectivity index (χ3n) is 2.62. The van der Waals surface area contributed by atoms with Gasteiger partial charge in [-0.15, -0.1) is 0 Å². The highest BCUT2D eigenvalue weighted by molar-refractivity contribution is 9.10. The van der Waals surface area contributed by atoms with Crippen molar-refractivity contribution in [1.29, 1.82) is 0 Å². The van der Waals surface area contributed by atoms with Crippen molar-refractivity contribution in [3.05, 3.63) is 34.3 Å². The molecule has 90 valence electrons. The first kappa shape index (κ1) is 13.7. The number of aliphatic hydroxyl groups is 1. The molecule has 3 heteroatoms. The van der Waals surface area contributed by atoms with Crippen molar-refractivity contribution in [1.82, 2.24) is 5.32 Å². The largest absolute Gasteiger partial charge is 0.393 e. The van der Waals surface area contributed by atoms with Crippen LogP contribution in [0.5, 0.6) is 0 Å². The highest BCUT2D eigenvalue weighted by atomic mass is 79.9. The van der Waals surface area contributed by atoms with E-state index in [0.29, 0.717) is 6.04 Å². The van der Waals surface area contributed by atoms with Crippen LogP contribution in [0.2, 0.25) is 0 Å². The van der Waals surface area contributed by atoms with E-state index in [0.717, 1.165) is 23.9 Å². The smallest absolute Gasteiger partial charge is 0.0512 e. The zero-order valence-electron chi connectivity index (χ0n) is 9.91. The fourth-order valence-electron chi connectivity index (χ4n) is 1.65. The number of aliphatic hydroxyl groups excluding tert-OH is 1. The molecule has 0 radical (unpaired) electrons. The molecule has 1 aromatic rings. The van der Waals surface area contributed by atoms with Gasteiger partial charge in [-0.2, -0.15) is 0 Å². The fraction of sp³-hybridized carbons (Fsp3) is 0.538. The molecular weight excluding hydrogens is 266 g/mol. The van der Waals surface area contributed by atoms with Crippen molar-refractivity contribution in [3.63, 3.8) is 0 Å². The Kier molecular flexibility index (Phi) is 6.03. The number of hydrogen-bond donors (Lipinski definition) is 2. The molecule has 0 aliphatic heterocycles. The number of hydrogen-bond acceptors (Lipinski definition) is 2. The summed E-state index contributed by atoms with van der Waals surface area (Å²) in [5.74, 6) is 0. The third kappa shape index (κ3) is 4.64. The summed E-state index contributed by atoms with van der Waals surface area (Å²) in [6, 6.07) is 8.59. The second-order valence-corrected chi connectivity index (χ2v) is 5.04. The van der Waals surface area contributed by atoms with Crippen molar-refractivity contribution in [2.75, 3.05) is 6.54 Å². The second-order valence-electron chi connectivity index (χ2n) is 4.19. The van der Waals surface area contributed by atoms with Gasteiger partial charge in [0.15, 0.2) is 0 Å². The first-order chi connectivity index (χ1) is 7.61. The molecule has 0 saturated heterocycles. The Balaban J connectivity index is 2.35. The molecule has 0 saturated carbocycles. The topological polar surface area (TPSA) is 32.3 Å². The molecule has 0 amide bonds. The number of benzene rings is 1. The Morgan fingerprint density at radius 3 is 2.62 bits per heavy atom. The lowest BCUT2D eigenvalue weighted by Gasteiger charge is -2.16. The van der Waals surface area contributed by atoms with Gasteiger partial charge in [-0.25, -0.2) is 0 Å². The summed E-state index contributed by atoms with van der Waals surface area (Å²) in [5, 5.41) is 12.6. The van der Waals surface area contributed by atoms with Gasteiger partial charge in [0, 0.05) is 10.5 Å². The van der Waals surface area contributed by atoms with Crippen molar-refractivity contribution in [2.45, 2.75) is 38.8 Å². The lowest BCUT2D eigenvalue weighted by Crippen LogP contribution is -2.21. The summed E-state index contributed by atoms with van der Waals surface area (Å²) in [7, 11) is 0. The Labute approximate surface area is 106 Å². The Morgan fingerprint density at radius 1 is 1.31 bits per heavy atom. The predicted molar refractivity (Wildman–Crippen MR) is 71.5 cm³/mol. The van der Waals surface area contributed by atoms with Crippen molar-refractivity contribution >= 4 is 15.9 Å². The molecular formula is C13H20BrNO. The summed E-state index contributed by atoms with van der Waals surface area (Å²) >= 11 is 3.55. The van der Waals surface area contributed by atoms with Crippen LogP contribution in [0, 0.1) is 0 Å². The van der Waals surface area contributed by atoms with Gasteiger partial charge >= 0.3 is 0 Å². The minimum absolute atomic E-state index is 0.194. The lowest BCUT2D eigenvalue weighted by molar-refractivity contribution is 0.181. The summed E-state index contributed by atoms with van der Waals surface area (Å²) in [5.41, 5.74) is 1.28. The quantitative estimate of drug-likeness (QED) is 0.787. The normalized spacial score (nSPS) is 14.8. The monoisotopic (exact) mass is 285 g/mol. The zero-order valence-corrected chi connectivity index (χ0v) is 11.5. The van der Waals surface area contributed by atoms with Crippen LogP contribution in [-0.4, -0.2) is 17.8 Å². The lowest BCUT2D eigenvalue weighted by atomic mass is 10.1. The molecule has 16 heavy (non-hydrogen) atoms. The van der Waals surface area contributed by atoms with Crippen LogP contribution in [0.4, 0.5) is 0 Å². The van der Waals surface area contributed by atoms with Gasteiger partial charge in [-0.3, -0.25) is 0 Å². The second kappa shape index (κ2) is 7.05. The summed E-state index contributed by atoms with van der Waals surface area (Å²) in [6.07, 6.45) is 1.67. The molecule has 1 rings (SSSR count). The molecule has 2 atom stereocenters. The molecule has 0 fully saturated rings. The highest BCUT2D eigenvalue weighted by Gasteiger charge is 2.07. The van der Waals surface area contributed by atoms with Crippen LogP contribution < -0.4 is 5.32 Å². The van der Waals surface area contributed by atoms with Gasteiger partial charge in [0.1, 0.15) is 0 Å². The van der Waals surface area contributed by atoms with Gasteiger partial charge in [-0.05, 0) is 44.9 Å². The van der Waals surface area contributed by atoms with Crippen molar-refractivity contribution in [2.24, 2.45) is 0 Å². The highest BCUT2D eigenvalue weighted by Crippen LogP contribution is 2.22. The molecule has 2 N–H and O–H groups in total. The van der Waals surface area contributed by atoms with E-state index in [2.05, 4.69) is 40.3 Å². The summed E-state index contributed by atoms with van der Waals surface area (Å²) < 4.78 is 1.14. The SMILES string of the molecule is CC(O)CCCNC(C)c1ccccc1Br. The van der Waals surface area contributed by atoms with Crippen LogP contribution >= 0.6 is 15.9 Å². The molecule has 0 aromatic heterocycles. The van der Waals surface area contributed by atoms with Gasteiger partial charge in [-0.1, -0.05) is 34.1 Å². The minimum Gasteiger partial charge on any atom is -0.393 e. The van der Waals surface area contributed by atoms with E-state index in [9.17, 15) is 0 Å². The third-order valence-corrected chi connectivity index (χ3v) is 3.34. The van der Waals surface area contributed by atoms with E-state index in [1.165, 1.54) is 5.56 Å². The molecule has 1 aromatic carbocycles. The number of nitrogens with one attached hydrogen (secondary N) is 1. The van der Waals surface area contributed by atoms with E-state index in [1.807, 2.05) is 19.1 Å². The molecule has 2 nitrogen and oxygen atoms in total. The first-order valence-corrected chi connectivity index (χ1v) is 6.56. The standard InChI is InChI=1S/C13H20BrNO/c1-10(16)6-5-9-15-11(2)12-7-3-4-8-13(12)14/h3-4,7-8,10-11,15-16H,5-6,9H2,1-2H3. The maximum absolute atomic E-state index is 9.14. The maximum atomic E-state index is 9.14. The fourth-order valence-corrected chi connectivity index (χ4v) is 2.28. The van der Waals surface area contributed by atoms with E-state index in [4.69, 9.17) is 5.11 Å². The first-order valence-electron chi connectivity index (χ1n) is 5.77. The predicted octanol–water partition coefficient (Wildman–Crippen LogP) is 3.26. The zero-order chi connectivity index (χ0) is 12.0. The average Bonchev–Trinajstić information content (AvgIpc) is 2.24. The van der Waals surface area contributed by atoms with Crippen LogP contribution in [0.3, 0.4) is 0 Å². The van der Waals surface area contributed by atoms with Crippen molar-refractivity contribution < 1.29 is 5.11 Å². The molecule has 2 unspecified atom stereocenters. The minimum atomic E-state index is -0.194. The van der Waals surface area contributed by atoms with Crippen LogP contribution in [0.1, 0.15) is 38.3 Å². The molecule has 0 spiro atoms. The van der Waals surface area contributed by atoms with Gasteiger partial charge in [0.25, 0.3) is 0 Å². The maximum Gasteiger partial charge on any atom is 0.0512 e. The number of halogens is 1. The molecule has 0 bridgehead atoms. The molecule has 0 heterocycles. The van der Waals surface area contributed by atoms with E-state index >= 15 is 0 Å². The van der Waals surface area contributed by atoms with Gasteiger partial charge < -0.3 is 10.4 Å². The summed E-state index contributed by atoms with van der Waals surface area (Å²) in [4.78, 5) is 0.